The number of carbonyl (C=O) groups excluding carboxylic acids is 1. The minimum absolute atomic E-state index is 0.00207. The molecular formula is C19H20N2O2S2. The Labute approximate surface area is 154 Å². The standard InChI is InChI=1S/C19H20N2O2S2/c1-13(2)21-18(23)14-7-3-4-8-15(14)20-19(21)25-12-5-9-16(22)17-10-6-11-24-17/h3-4,6-8,10-11,13H,5,9,12H2,1-2H3. The molecule has 130 valence electrons. The van der Waals surface area contributed by atoms with Gasteiger partial charge in [0.2, 0.25) is 0 Å². The van der Waals surface area contributed by atoms with Crippen molar-refractivity contribution in [2.75, 3.05) is 5.75 Å². The van der Waals surface area contributed by atoms with E-state index in [1.54, 1.807) is 16.3 Å². The number of aromatic nitrogens is 2. The highest BCUT2D eigenvalue weighted by atomic mass is 32.2. The normalized spacial score (nSPS) is 11.3. The summed E-state index contributed by atoms with van der Waals surface area (Å²) in [7, 11) is 0. The third-order valence-corrected chi connectivity index (χ3v) is 5.82. The maximum atomic E-state index is 12.7. The number of benzene rings is 1. The summed E-state index contributed by atoms with van der Waals surface area (Å²) in [6.45, 7) is 3.98. The molecule has 0 saturated heterocycles. The summed E-state index contributed by atoms with van der Waals surface area (Å²) >= 11 is 3.03. The third kappa shape index (κ3) is 4.02. The van der Waals surface area contributed by atoms with Crippen LogP contribution in [0.1, 0.15) is 42.4 Å². The molecule has 0 saturated carbocycles. The van der Waals surface area contributed by atoms with E-state index in [4.69, 9.17) is 0 Å². The number of thiophene rings is 1. The van der Waals surface area contributed by atoms with E-state index in [-0.39, 0.29) is 17.4 Å². The lowest BCUT2D eigenvalue weighted by Gasteiger charge is -2.16. The summed E-state index contributed by atoms with van der Waals surface area (Å²) in [5.74, 6) is 0.942. The summed E-state index contributed by atoms with van der Waals surface area (Å²) in [5.41, 5.74) is 0.722. The zero-order chi connectivity index (χ0) is 17.8. The first-order chi connectivity index (χ1) is 12.1. The third-order valence-electron chi connectivity index (χ3n) is 3.87. The Balaban J connectivity index is 1.73. The van der Waals surface area contributed by atoms with E-state index in [0.29, 0.717) is 11.8 Å². The molecule has 2 heterocycles. The van der Waals surface area contributed by atoms with E-state index >= 15 is 0 Å². The molecule has 3 rings (SSSR count). The monoisotopic (exact) mass is 372 g/mol. The van der Waals surface area contributed by atoms with Gasteiger partial charge >= 0.3 is 0 Å². The SMILES string of the molecule is CC(C)n1c(SCCCC(=O)c2cccs2)nc2ccccc2c1=O. The van der Waals surface area contributed by atoms with Gasteiger partial charge in [-0.05, 0) is 43.8 Å². The molecule has 3 aromatic rings. The molecule has 0 aliphatic heterocycles. The molecule has 0 aliphatic rings. The highest BCUT2D eigenvalue weighted by molar-refractivity contribution is 7.99. The minimum atomic E-state index is -0.00207. The molecule has 0 amide bonds. The lowest BCUT2D eigenvalue weighted by Crippen LogP contribution is -2.25. The number of Topliss-reactive ketones (excluding diaryl/α,β-unsaturated/α-hetero) is 1. The van der Waals surface area contributed by atoms with Gasteiger partial charge in [-0.3, -0.25) is 14.2 Å². The average molecular weight is 373 g/mol. The van der Waals surface area contributed by atoms with Crippen molar-refractivity contribution in [2.24, 2.45) is 0 Å². The van der Waals surface area contributed by atoms with Gasteiger partial charge < -0.3 is 0 Å². The van der Waals surface area contributed by atoms with Crippen molar-refractivity contribution in [3.05, 3.63) is 57.0 Å². The quantitative estimate of drug-likeness (QED) is 0.259. The lowest BCUT2D eigenvalue weighted by molar-refractivity contribution is 0.0986. The molecule has 25 heavy (non-hydrogen) atoms. The number of carbonyl (C=O) groups is 1. The Morgan fingerprint density at radius 3 is 2.76 bits per heavy atom. The van der Waals surface area contributed by atoms with Crippen LogP contribution in [-0.2, 0) is 0 Å². The zero-order valence-corrected chi connectivity index (χ0v) is 15.9. The van der Waals surface area contributed by atoms with E-state index in [0.717, 1.165) is 27.7 Å². The van der Waals surface area contributed by atoms with Crippen LogP contribution in [0.25, 0.3) is 10.9 Å². The van der Waals surface area contributed by atoms with Crippen molar-refractivity contribution in [2.45, 2.75) is 37.9 Å². The predicted octanol–water partition coefficient (Wildman–Crippen LogP) is 4.79. The fourth-order valence-corrected chi connectivity index (χ4v) is 4.40. The maximum Gasteiger partial charge on any atom is 0.262 e. The van der Waals surface area contributed by atoms with Crippen molar-refractivity contribution < 1.29 is 4.79 Å². The molecule has 0 radical (unpaired) electrons. The van der Waals surface area contributed by atoms with Gasteiger partial charge in [0.05, 0.1) is 15.8 Å². The summed E-state index contributed by atoms with van der Waals surface area (Å²) in [5, 5.41) is 3.29. The largest absolute Gasteiger partial charge is 0.293 e. The molecule has 2 aromatic heterocycles. The Hall–Kier alpha value is -1.92. The minimum Gasteiger partial charge on any atom is -0.293 e. The van der Waals surface area contributed by atoms with Crippen LogP contribution in [0.5, 0.6) is 0 Å². The molecule has 0 unspecified atom stereocenters. The van der Waals surface area contributed by atoms with E-state index in [1.807, 2.05) is 55.6 Å². The van der Waals surface area contributed by atoms with Crippen molar-refractivity contribution >= 4 is 39.8 Å². The van der Waals surface area contributed by atoms with E-state index in [2.05, 4.69) is 4.98 Å². The first kappa shape index (κ1) is 17.9. The number of fused-ring (bicyclic) bond motifs is 1. The van der Waals surface area contributed by atoms with Crippen LogP contribution in [0.4, 0.5) is 0 Å². The predicted molar refractivity (Wildman–Crippen MR) is 105 cm³/mol. The molecule has 0 bridgehead atoms. The van der Waals surface area contributed by atoms with Crippen LogP contribution >= 0.6 is 23.1 Å². The Morgan fingerprint density at radius 2 is 2.04 bits per heavy atom. The molecule has 0 spiro atoms. The Kier molecular flexibility index (Phi) is 5.71. The van der Waals surface area contributed by atoms with Crippen LogP contribution in [0.3, 0.4) is 0 Å². The van der Waals surface area contributed by atoms with Crippen molar-refractivity contribution in [1.29, 1.82) is 0 Å². The van der Waals surface area contributed by atoms with Gasteiger partial charge in [-0.1, -0.05) is 30.0 Å². The number of para-hydroxylation sites is 1. The van der Waals surface area contributed by atoms with Crippen LogP contribution < -0.4 is 5.56 Å². The van der Waals surface area contributed by atoms with Crippen LogP contribution in [0, 0.1) is 0 Å². The molecule has 4 nitrogen and oxygen atoms in total. The molecule has 6 heteroatoms. The number of hydrogen-bond donors (Lipinski definition) is 0. The summed E-state index contributed by atoms with van der Waals surface area (Å²) < 4.78 is 1.74. The highest BCUT2D eigenvalue weighted by Crippen LogP contribution is 2.22. The number of nitrogens with zero attached hydrogens (tertiary/aromatic N) is 2. The van der Waals surface area contributed by atoms with Crippen LogP contribution in [0.15, 0.2) is 51.7 Å². The molecule has 0 atom stereocenters. The fraction of sp³-hybridized carbons (Fsp3) is 0.316. The van der Waals surface area contributed by atoms with Gasteiger partial charge in [0.25, 0.3) is 5.56 Å². The van der Waals surface area contributed by atoms with E-state index in [1.165, 1.54) is 11.3 Å². The van der Waals surface area contributed by atoms with Gasteiger partial charge in [-0.2, -0.15) is 0 Å². The topological polar surface area (TPSA) is 52.0 Å². The second-order valence-electron chi connectivity index (χ2n) is 6.03. The second-order valence-corrected chi connectivity index (χ2v) is 8.04. The lowest BCUT2D eigenvalue weighted by atomic mass is 10.2. The van der Waals surface area contributed by atoms with Crippen molar-refractivity contribution in [1.82, 2.24) is 9.55 Å². The highest BCUT2D eigenvalue weighted by Gasteiger charge is 2.14. The number of ketones is 1. The van der Waals surface area contributed by atoms with Gasteiger partial charge in [-0.15, -0.1) is 11.3 Å². The van der Waals surface area contributed by atoms with E-state index < -0.39 is 0 Å². The number of hydrogen-bond acceptors (Lipinski definition) is 5. The van der Waals surface area contributed by atoms with Gasteiger partial charge in [0.15, 0.2) is 10.9 Å². The van der Waals surface area contributed by atoms with Crippen molar-refractivity contribution in [3.8, 4) is 0 Å². The second kappa shape index (κ2) is 7.97. The summed E-state index contributed by atoms with van der Waals surface area (Å²) in [4.78, 5) is 30.3. The average Bonchev–Trinajstić information content (AvgIpc) is 3.13. The molecule has 0 fully saturated rings. The molecule has 1 aromatic carbocycles. The zero-order valence-electron chi connectivity index (χ0n) is 14.3. The molecular weight excluding hydrogens is 352 g/mol. The summed E-state index contributed by atoms with van der Waals surface area (Å²) in [6, 6.07) is 11.2. The molecule has 0 N–H and O–H groups in total. The number of rotatable bonds is 7. The number of thioether (sulfide) groups is 1. The van der Waals surface area contributed by atoms with Gasteiger partial charge in [0.1, 0.15) is 0 Å². The first-order valence-corrected chi connectivity index (χ1v) is 10.1. The van der Waals surface area contributed by atoms with Gasteiger partial charge in [-0.25, -0.2) is 4.98 Å². The summed E-state index contributed by atoms with van der Waals surface area (Å²) in [6.07, 6.45) is 1.29. The smallest absolute Gasteiger partial charge is 0.262 e. The fourth-order valence-electron chi connectivity index (χ4n) is 2.64. The molecule has 0 aliphatic carbocycles. The van der Waals surface area contributed by atoms with Crippen molar-refractivity contribution in [3.63, 3.8) is 0 Å². The van der Waals surface area contributed by atoms with Gasteiger partial charge in [0, 0.05) is 18.2 Å². The van der Waals surface area contributed by atoms with E-state index in [9.17, 15) is 9.59 Å². The first-order valence-electron chi connectivity index (χ1n) is 8.28. The van der Waals surface area contributed by atoms with Crippen LogP contribution in [0.2, 0.25) is 0 Å². The Bertz CT molecular complexity index is 930. The maximum absolute atomic E-state index is 12.7. The Morgan fingerprint density at radius 1 is 1.24 bits per heavy atom. The van der Waals surface area contributed by atoms with Crippen LogP contribution in [-0.4, -0.2) is 21.1 Å².